The first-order chi connectivity index (χ1) is 13.1. The molecule has 0 radical (unpaired) electrons. The van der Waals surface area contributed by atoms with Crippen molar-refractivity contribution in [3.8, 4) is 23.8 Å². The lowest BCUT2D eigenvalue weighted by Crippen LogP contribution is -2.16. The van der Waals surface area contributed by atoms with Crippen molar-refractivity contribution in [1.82, 2.24) is 5.43 Å². The van der Waals surface area contributed by atoms with Crippen molar-refractivity contribution in [2.45, 2.75) is 0 Å². The fourth-order valence-electron chi connectivity index (χ4n) is 2.38. The molecule has 6 nitrogen and oxygen atoms in total. The van der Waals surface area contributed by atoms with E-state index in [1.807, 2.05) is 18.2 Å². The van der Waals surface area contributed by atoms with Crippen LogP contribution in [0.3, 0.4) is 0 Å². The summed E-state index contributed by atoms with van der Waals surface area (Å²) in [5.41, 5.74) is 3.65. The van der Waals surface area contributed by atoms with Gasteiger partial charge in [-0.15, -0.1) is 6.42 Å². The van der Waals surface area contributed by atoms with Crippen LogP contribution in [0, 0.1) is 12.3 Å². The zero-order chi connectivity index (χ0) is 19.2. The van der Waals surface area contributed by atoms with Crippen LogP contribution in [0.4, 0.5) is 0 Å². The molecule has 3 rings (SSSR count). The van der Waals surface area contributed by atoms with Crippen LogP contribution < -0.4 is 14.9 Å². The van der Waals surface area contributed by atoms with E-state index in [9.17, 15) is 4.79 Å². The van der Waals surface area contributed by atoms with E-state index in [0.717, 1.165) is 5.39 Å². The highest BCUT2D eigenvalue weighted by Gasteiger charge is 2.12. The molecular formula is C20H15ClN2O4. The van der Waals surface area contributed by atoms with Gasteiger partial charge >= 0.3 is 5.91 Å². The molecule has 0 fully saturated rings. The Balaban J connectivity index is 1.72. The summed E-state index contributed by atoms with van der Waals surface area (Å²) in [6.45, 7) is 0.0665. The number of terminal acetylenes is 1. The fraction of sp³-hybridized carbons (Fsp3) is 0.100. The highest BCUT2D eigenvalue weighted by atomic mass is 35.5. The number of hydrazone groups is 1. The maximum absolute atomic E-state index is 12.2. The van der Waals surface area contributed by atoms with Crippen molar-refractivity contribution in [1.29, 1.82) is 0 Å². The molecule has 0 bridgehead atoms. The molecule has 136 valence electrons. The third kappa shape index (κ3) is 4.22. The Labute approximate surface area is 160 Å². The number of furan rings is 1. The zero-order valence-electron chi connectivity index (χ0n) is 14.4. The Bertz CT molecular complexity index is 1020. The number of halogens is 1. The summed E-state index contributed by atoms with van der Waals surface area (Å²) >= 11 is 6.19. The van der Waals surface area contributed by atoms with Crippen LogP contribution in [-0.4, -0.2) is 25.8 Å². The molecule has 1 N–H and O–H groups in total. The number of fused-ring (bicyclic) bond motifs is 1. The zero-order valence-corrected chi connectivity index (χ0v) is 15.1. The second kappa shape index (κ2) is 8.30. The number of amides is 1. The molecule has 0 aliphatic carbocycles. The van der Waals surface area contributed by atoms with Crippen LogP contribution >= 0.6 is 11.6 Å². The van der Waals surface area contributed by atoms with Crippen LogP contribution in [0.2, 0.25) is 5.02 Å². The molecule has 2 aromatic carbocycles. The predicted molar refractivity (Wildman–Crippen MR) is 104 cm³/mol. The molecule has 3 aromatic rings. The molecule has 0 aliphatic heterocycles. The van der Waals surface area contributed by atoms with E-state index in [1.54, 1.807) is 24.3 Å². The van der Waals surface area contributed by atoms with Gasteiger partial charge in [-0.05, 0) is 29.8 Å². The van der Waals surface area contributed by atoms with Crippen LogP contribution in [0.15, 0.2) is 52.0 Å². The van der Waals surface area contributed by atoms with Gasteiger partial charge in [-0.2, -0.15) is 5.10 Å². The fourth-order valence-corrected chi connectivity index (χ4v) is 2.66. The Morgan fingerprint density at radius 3 is 2.93 bits per heavy atom. The van der Waals surface area contributed by atoms with E-state index < -0.39 is 5.91 Å². The number of nitrogens with one attached hydrogen (secondary N) is 1. The molecule has 0 saturated heterocycles. The lowest BCUT2D eigenvalue weighted by molar-refractivity contribution is 0.0929. The number of hydrogen-bond acceptors (Lipinski definition) is 5. The van der Waals surface area contributed by atoms with Crippen molar-refractivity contribution in [3.05, 3.63) is 58.8 Å². The predicted octanol–water partition coefficient (Wildman–Crippen LogP) is 3.87. The molecular weight excluding hydrogens is 368 g/mol. The first-order valence-electron chi connectivity index (χ1n) is 7.88. The lowest BCUT2D eigenvalue weighted by atomic mass is 10.2. The van der Waals surface area contributed by atoms with Gasteiger partial charge in [0.1, 0.15) is 12.2 Å². The molecule has 1 amide bonds. The molecule has 27 heavy (non-hydrogen) atoms. The van der Waals surface area contributed by atoms with Crippen LogP contribution in [0.5, 0.6) is 11.5 Å². The number of carbonyl (C=O) groups is 1. The van der Waals surface area contributed by atoms with E-state index in [4.69, 9.17) is 31.9 Å². The molecule has 0 spiro atoms. The Kier molecular flexibility index (Phi) is 5.64. The number of methoxy groups -OCH3 is 1. The molecule has 7 heteroatoms. The van der Waals surface area contributed by atoms with E-state index in [2.05, 4.69) is 16.4 Å². The summed E-state index contributed by atoms with van der Waals surface area (Å²) in [6, 6.07) is 12.3. The Morgan fingerprint density at radius 1 is 1.37 bits per heavy atom. The smallest absolute Gasteiger partial charge is 0.307 e. The number of benzene rings is 2. The number of ether oxygens (including phenoxy) is 2. The molecule has 0 atom stereocenters. The maximum atomic E-state index is 12.2. The van der Waals surface area contributed by atoms with Crippen molar-refractivity contribution < 1.29 is 18.7 Å². The standard InChI is InChI=1S/C20H15ClN2O4/c1-3-8-26-19-15(21)9-13(10-17(19)25-2)12-22-23-20(24)18-11-14-6-4-5-7-16(14)27-18/h1,4-7,9-12H,8H2,2H3,(H,23,24)/b22-12+. The summed E-state index contributed by atoms with van der Waals surface area (Å²) in [4.78, 5) is 12.2. The van der Waals surface area contributed by atoms with Gasteiger partial charge in [0.15, 0.2) is 17.3 Å². The molecule has 0 unspecified atom stereocenters. The third-order valence-electron chi connectivity index (χ3n) is 3.58. The minimum atomic E-state index is -0.463. The number of hydrogen-bond donors (Lipinski definition) is 1. The molecule has 1 aromatic heterocycles. The summed E-state index contributed by atoms with van der Waals surface area (Å²) in [7, 11) is 1.48. The summed E-state index contributed by atoms with van der Waals surface area (Å²) < 4.78 is 16.1. The van der Waals surface area contributed by atoms with Gasteiger partial charge in [0.25, 0.3) is 0 Å². The SMILES string of the molecule is C#CCOc1c(Cl)cc(/C=N/NC(=O)c2cc3ccccc3o2)cc1OC. The topological polar surface area (TPSA) is 73.1 Å². The summed E-state index contributed by atoms with van der Waals surface area (Å²) in [5.74, 6) is 2.82. The number of carbonyl (C=O) groups excluding carboxylic acids is 1. The highest BCUT2D eigenvalue weighted by molar-refractivity contribution is 6.32. The van der Waals surface area contributed by atoms with Gasteiger partial charge in [0, 0.05) is 5.39 Å². The first kappa shape index (κ1) is 18.4. The molecule has 1 heterocycles. The maximum Gasteiger partial charge on any atom is 0.307 e. The van der Waals surface area contributed by atoms with E-state index in [0.29, 0.717) is 27.7 Å². The van der Waals surface area contributed by atoms with Gasteiger partial charge in [-0.25, -0.2) is 5.43 Å². The average molecular weight is 383 g/mol. The van der Waals surface area contributed by atoms with Gasteiger partial charge in [0.05, 0.1) is 18.3 Å². The van der Waals surface area contributed by atoms with Crippen molar-refractivity contribution in [2.75, 3.05) is 13.7 Å². The summed E-state index contributed by atoms with van der Waals surface area (Å²) in [6.07, 6.45) is 6.62. The van der Waals surface area contributed by atoms with E-state index in [-0.39, 0.29) is 12.4 Å². The number of nitrogens with zero attached hydrogens (tertiary/aromatic N) is 1. The van der Waals surface area contributed by atoms with Gasteiger partial charge in [-0.3, -0.25) is 4.79 Å². The highest BCUT2D eigenvalue weighted by Crippen LogP contribution is 2.35. The molecule has 0 saturated carbocycles. The lowest BCUT2D eigenvalue weighted by Gasteiger charge is -2.11. The minimum Gasteiger partial charge on any atom is -0.493 e. The Hall–Kier alpha value is -3.43. The largest absolute Gasteiger partial charge is 0.493 e. The summed E-state index contributed by atoms with van der Waals surface area (Å²) in [5, 5.41) is 5.08. The van der Waals surface area contributed by atoms with Gasteiger partial charge < -0.3 is 13.9 Å². The van der Waals surface area contributed by atoms with Crippen LogP contribution in [0.25, 0.3) is 11.0 Å². The number of rotatable bonds is 6. The number of para-hydroxylation sites is 1. The van der Waals surface area contributed by atoms with Crippen molar-refractivity contribution >= 4 is 34.7 Å². The second-order valence-electron chi connectivity index (χ2n) is 5.37. The normalized spacial score (nSPS) is 10.7. The molecule has 0 aliphatic rings. The quantitative estimate of drug-likeness (QED) is 0.399. The van der Waals surface area contributed by atoms with Crippen molar-refractivity contribution in [3.63, 3.8) is 0 Å². The average Bonchev–Trinajstić information content (AvgIpc) is 3.11. The Morgan fingerprint density at radius 2 is 2.19 bits per heavy atom. The minimum absolute atomic E-state index is 0.0665. The van der Waals surface area contributed by atoms with Crippen molar-refractivity contribution in [2.24, 2.45) is 5.10 Å². The van der Waals surface area contributed by atoms with Crippen LogP contribution in [0.1, 0.15) is 16.1 Å². The third-order valence-corrected chi connectivity index (χ3v) is 3.86. The van der Waals surface area contributed by atoms with E-state index in [1.165, 1.54) is 13.3 Å². The van der Waals surface area contributed by atoms with E-state index >= 15 is 0 Å². The second-order valence-corrected chi connectivity index (χ2v) is 5.78. The van der Waals surface area contributed by atoms with Gasteiger partial charge in [-0.1, -0.05) is 35.7 Å². The van der Waals surface area contributed by atoms with Crippen LogP contribution in [-0.2, 0) is 0 Å². The first-order valence-corrected chi connectivity index (χ1v) is 8.26. The van der Waals surface area contributed by atoms with Gasteiger partial charge in [0.2, 0.25) is 0 Å². The monoisotopic (exact) mass is 382 g/mol.